The summed E-state index contributed by atoms with van der Waals surface area (Å²) in [5, 5.41) is 2.89. The molecule has 0 atom stereocenters. The summed E-state index contributed by atoms with van der Waals surface area (Å²) in [6, 6.07) is 9.49. The molecule has 0 saturated heterocycles. The zero-order valence-corrected chi connectivity index (χ0v) is 9.82. The maximum absolute atomic E-state index is 12.2. The minimum Gasteiger partial charge on any atom is -0.404 e. The fourth-order valence-electron chi connectivity index (χ4n) is 1.53. The molecule has 3 nitrogen and oxygen atoms in total. The third kappa shape index (κ3) is 4.17. The van der Waals surface area contributed by atoms with Gasteiger partial charge >= 0.3 is 6.36 Å². The molecule has 2 rings (SSSR count). The van der Waals surface area contributed by atoms with Gasteiger partial charge in [0.1, 0.15) is 0 Å². The SMILES string of the molecule is FC(F)(F)Oc1ccccc1NCc1cccnc1. The maximum Gasteiger partial charge on any atom is 0.573 e. The fourth-order valence-corrected chi connectivity index (χ4v) is 1.53. The molecule has 0 aliphatic carbocycles. The topological polar surface area (TPSA) is 34.1 Å². The molecule has 0 unspecified atom stereocenters. The van der Waals surface area contributed by atoms with Gasteiger partial charge in [-0.2, -0.15) is 0 Å². The van der Waals surface area contributed by atoms with Crippen LogP contribution in [0, 0.1) is 0 Å². The van der Waals surface area contributed by atoms with Crippen LogP contribution in [0.3, 0.4) is 0 Å². The second kappa shape index (κ2) is 5.60. The normalized spacial score (nSPS) is 11.1. The van der Waals surface area contributed by atoms with E-state index in [0.29, 0.717) is 6.54 Å². The monoisotopic (exact) mass is 268 g/mol. The molecule has 1 aromatic carbocycles. The van der Waals surface area contributed by atoms with Crippen LogP contribution in [0.15, 0.2) is 48.8 Å². The number of para-hydroxylation sites is 2. The van der Waals surface area contributed by atoms with Gasteiger partial charge in [-0.25, -0.2) is 0 Å². The van der Waals surface area contributed by atoms with Crippen LogP contribution in [0.5, 0.6) is 5.75 Å². The summed E-state index contributed by atoms with van der Waals surface area (Å²) in [6.45, 7) is 0.367. The summed E-state index contributed by atoms with van der Waals surface area (Å²) >= 11 is 0. The van der Waals surface area contributed by atoms with Crippen LogP contribution in [-0.4, -0.2) is 11.3 Å². The van der Waals surface area contributed by atoms with Gasteiger partial charge in [-0.15, -0.1) is 13.2 Å². The Labute approximate surface area is 108 Å². The van der Waals surface area contributed by atoms with Crippen molar-refractivity contribution < 1.29 is 17.9 Å². The summed E-state index contributed by atoms with van der Waals surface area (Å²) in [4.78, 5) is 3.93. The summed E-state index contributed by atoms with van der Waals surface area (Å²) in [5.74, 6) is -0.251. The Morgan fingerprint density at radius 1 is 1.11 bits per heavy atom. The Kier molecular flexibility index (Phi) is 3.89. The zero-order valence-electron chi connectivity index (χ0n) is 9.82. The van der Waals surface area contributed by atoms with E-state index in [1.54, 1.807) is 24.5 Å². The Bertz CT molecular complexity index is 529. The van der Waals surface area contributed by atoms with Crippen molar-refractivity contribution in [2.45, 2.75) is 12.9 Å². The van der Waals surface area contributed by atoms with Gasteiger partial charge in [0.05, 0.1) is 5.69 Å². The highest BCUT2D eigenvalue weighted by Gasteiger charge is 2.31. The van der Waals surface area contributed by atoms with Gasteiger partial charge in [-0.3, -0.25) is 4.98 Å². The molecule has 0 fully saturated rings. The fraction of sp³-hybridized carbons (Fsp3) is 0.154. The molecule has 0 bridgehead atoms. The van der Waals surface area contributed by atoms with Gasteiger partial charge in [0.15, 0.2) is 5.75 Å². The van der Waals surface area contributed by atoms with E-state index in [1.165, 1.54) is 18.2 Å². The summed E-state index contributed by atoms with van der Waals surface area (Å²) < 4.78 is 40.6. The van der Waals surface area contributed by atoms with E-state index in [4.69, 9.17) is 0 Å². The molecule has 0 aliphatic heterocycles. The largest absolute Gasteiger partial charge is 0.573 e. The Hall–Kier alpha value is -2.24. The van der Waals surface area contributed by atoms with Crippen LogP contribution in [0.2, 0.25) is 0 Å². The van der Waals surface area contributed by atoms with Gasteiger partial charge in [0.2, 0.25) is 0 Å². The molecule has 0 radical (unpaired) electrons. The predicted molar refractivity (Wildman–Crippen MR) is 64.7 cm³/mol. The lowest BCUT2D eigenvalue weighted by atomic mass is 10.2. The van der Waals surface area contributed by atoms with Crippen molar-refractivity contribution >= 4 is 5.69 Å². The van der Waals surface area contributed by atoms with Crippen molar-refractivity contribution in [3.63, 3.8) is 0 Å². The van der Waals surface area contributed by atoms with Crippen molar-refractivity contribution in [2.24, 2.45) is 0 Å². The number of rotatable bonds is 4. The highest BCUT2D eigenvalue weighted by molar-refractivity contribution is 5.56. The van der Waals surface area contributed by atoms with Gasteiger partial charge in [-0.05, 0) is 23.8 Å². The molecule has 100 valence electrons. The van der Waals surface area contributed by atoms with Crippen LogP contribution in [0.25, 0.3) is 0 Å². The van der Waals surface area contributed by atoms with Crippen LogP contribution < -0.4 is 10.1 Å². The third-order valence-electron chi connectivity index (χ3n) is 2.32. The number of aromatic nitrogens is 1. The van der Waals surface area contributed by atoms with Gasteiger partial charge in [0, 0.05) is 18.9 Å². The first-order valence-electron chi connectivity index (χ1n) is 5.52. The molecule has 0 spiro atoms. The third-order valence-corrected chi connectivity index (χ3v) is 2.32. The molecular formula is C13H11F3N2O. The van der Waals surface area contributed by atoms with E-state index in [-0.39, 0.29) is 11.4 Å². The Morgan fingerprint density at radius 3 is 2.58 bits per heavy atom. The average molecular weight is 268 g/mol. The van der Waals surface area contributed by atoms with Crippen LogP contribution >= 0.6 is 0 Å². The lowest BCUT2D eigenvalue weighted by molar-refractivity contribution is -0.274. The molecule has 0 aliphatic rings. The van der Waals surface area contributed by atoms with Crippen molar-refractivity contribution in [3.05, 3.63) is 54.4 Å². The molecule has 6 heteroatoms. The number of hydrogen-bond acceptors (Lipinski definition) is 3. The summed E-state index contributed by atoms with van der Waals surface area (Å²) in [6.07, 6.45) is -1.43. The zero-order chi connectivity index (χ0) is 13.7. The number of hydrogen-bond donors (Lipinski definition) is 1. The molecule has 1 aromatic heterocycles. The number of nitrogens with zero attached hydrogens (tertiary/aromatic N) is 1. The number of ether oxygens (including phenoxy) is 1. The first-order chi connectivity index (χ1) is 9.04. The predicted octanol–water partition coefficient (Wildman–Crippen LogP) is 3.59. The van der Waals surface area contributed by atoms with E-state index in [2.05, 4.69) is 15.0 Å². The van der Waals surface area contributed by atoms with Crippen molar-refractivity contribution in [1.29, 1.82) is 0 Å². The average Bonchev–Trinajstić information content (AvgIpc) is 2.37. The van der Waals surface area contributed by atoms with E-state index < -0.39 is 6.36 Å². The maximum atomic E-state index is 12.2. The van der Waals surface area contributed by atoms with Crippen LogP contribution in [-0.2, 0) is 6.54 Å². The molecule has 1 N–H and O–H groups in total. The summed E-state index contributed by atoms with van der Waals surface area (Å²) in [7, 11) is 0. The highest BCUT2D eigenvalue weighted by Crippen LogP contribution is 2.30. The van der Waals surface area contributed by atoms with Gasteiger partial charge < -0.3 is 10.1 Å². The second-order valence-electron chi connectivity index (χ2n) is 3.76. The number of halogens is 3. The second-order valence-corrected chi connectivity index (χ2v) is 3.76. The number of pyridine rings is 1. The van der Waals surface area contributed by atoms with E-state index in [0.717, 1.165) is 5.56 Å². The molecule has 2 aromatic rings. The molecule has 0 saturated carbocycles. The minimum absolute atomic E-state index is 0.251. The quantitative estimate of drug-likeness (QED) is 0.920. The lowest BCUT2D eigenvalue weighted by Crippen LogP contribution is -2.18. The van der Waals surface area contributed by atoms with Crippen molar-refractivity contribution in [3.8, 4) is 5.75 Å². The first kappa shape index (κ1) is 13.2. The number of anilines is 1. The lowest BCUT2D eigenvalue weighted by Gasteiger charge is -2.14. The highest BCUT2D eigenvalue weighted by atomic mass is 19.4. The summed E-state index contributed by atoms with van der Waals surface area (Å²) in [5.41, 5.74) is 1.15. The first-order valence-corrected chi connectivity index (χ1v) is 5.52. The van der Waals surface area contributed by atoms with Crippen LogP contribution in [0.4, 0.5) is 18.9 Å². The number of alkyl halides is 3. The van der Waals surface area contributed by atoms with Crippen molar-refractivity contribution in [2.75, 3.05) is 5.32 Å². The van der Waals surface area contributed by atoms with E-state index in [9.17, 15) is 13.2 Å². The van der Waals surface area contributed by atoms with E-state index >= 15 is 0 Å². The van der Waals surface area contributed by atoms with Crippen LogP contribution in [0.1, 0.15) is 5.56 Å². The minimum atomic E-state index is -4.70. The van der Waals surface area contributed by atoms with E-state index in [1.807, 2.05) is 6.07 Å². The molecular weight excluding hydrogens is 257 g/mol. The smallest absolute Gasteiger partial charge is 0.404 e. The van der Waals surface area contributed by atoms with Crippen molar-refractivity contribution in [1.82, 2.24) is 4.98 Å². The molecule has 0 amide bonds. The Morgan fingerprint density at radius 2 is 1.89 bits per heavy atom. The Balaban J connectivity index is 2.08. The number of nitrogens with one attached hydrogen (secondary N) is 1. The standard InChI is InChI=1S/C13H11F3N2O/c14-13(15,16)19-12-6-2-1-5-11(12)18-9-10-4-3-7-17-8-10/h1-8,18H,9H2. The van der Waals surface area contributed by atoms with Gasteiger partial charge in [-0.1, -0.05) is 18.2 Å². The number of benzene rings is 1. The molecule has 19 heavy (non-hydrogen) atoms. The molecule has 1 heterocycles. The van der Waals surface area contributed by atoms with Gasteiger partial charge in [0.25, 0.3) is 0 Å².